The number of nitrogens with zero attached hydrogens (tertiary/aromatic N) is 3. The maximum atomic E-state index is 12.9. The van der Waals surface area contributed by atoms with Crippen LogP contribution < -0.4 is 0 Å². The molecule has 2 heterocycles. The summed E-state index contributed by atoms with van der Waals surface area (Å²) in [6.45, 7) is 7.68. The van der Waals surface area contributed by atoms with E-state index < -0.39 is 58.4 Å². The molecule has 1 aromatic rings. The van der Waals surface area contributed by atoms with Gasteiger partial charge in [0, 0.05) is 20.0 Å². The maximum absolute atomic E-state index is 12.9. The van der Waals surface area contributed by atoms with Crippen LogP contribution in [0.25, 0.3) is 6.08 Å². The molecule has 1 aliphatic carbocycles. The third-order valence-electron chi connectivity index (χ3n) is 6.73. The molecule has 9 atom stereocenters. The number of ether oxygens (including phenoxy) is 1. The standard InChI is InChI=1S/C21H38N3O9P3/c1-14-9-10-15-17(18(14)23(4)5)22-12-24(15)19-21(3,26)20(2,25)16(32-19)11-31-36(8,30)33-35(7,29)13-34(6,27)28/h9-10,12,14,16,18-19,25-26H,11,13H2,1-8H3,(H,27,28). The van der Waals surface area contributed by atoms with Gasteiger partial charge in [-0.05, 0) is 39.9 Å². The Balaban J connectivity index is 1.82. The first-order valence-electron chi connectivity index (χ1n) is 11.5. The predicted molar refractivity (Wildman–Crippen MR) is 137 cm³/mol. The Hall–Kier alpha value is -0.640. The predicted octanol–water partition coefficient (Wildman–Crippen LogP) is 3.17. The Bertz CT molecular complexity index is 1160. The van der Waals surface area contributed by atoms with Crippen LogP contribution in [0.4, 0.5) is 0 Å². The maximum Gasteiger partial charge on any atom is 0.333 e. The van der Waals surface area contributed by atoms with Crippen molar-refractivity contribution in [2.24, 2.45) is 5.92 Å². The molecule has 36 heavy (non-hydrogen) atoms. The second kappa shape index (κ2) is 9.83. The molecule has 0 radical (unpaired) electrons. The van der Waals surface area contributed by atoms with E-state index in [1.54, 1.807) is 10.9 Å². The van der Waals surface area contributed by atoms with E-state index in [0.29, 0.717) is 0 Å². The number of hydrogen-bond acceptors (Lipinski definition) is 10. The average molecular weight is 569 g/mol. The summed E-state index contributed by atoms with van der Waals surface area (Å²) in [6, 6.07) is 0.0162. The van der Waals surface area contributed by atoms with E-state index in [1.165, 1.54) is 13.8 Å². The molecule has 0 bridgehead atoms. The summed E-state index contributed by atoms with van der Waals surface area (Å²) in [5.41, 5.74) is -2.10. The van der Waals surface area contributed by atoms with Gasteiger partial charge in [-0.1, -0.05) is 13.0 Å². The second-order valence-electron chi connectivity index (χ2n) is 10.7. The molecule has 1 fully saturated rings. The average Bonchev–Trinajstić information content (AvgIpc) is 3.13. The van der Waals surface area contributed by atoms with Crippen molar-refractivity contribution in [2.45, 2.75) is 50.3 Å². The molecule has 1 saturated heterocycles. The molecule has 12 nitrogen and oxygen atoms in total. The molecule has 206 valence electrons. The molecule has 1 aromatic heterocycles. The van der Waals surface area contributed by atoms with E-state index in [4.69, 9.17) is 13.6 Å². The van der Waals surface area contributed by atoms with Gasteiger partial charge in [0.15, 0.2) is 6.23 Å². The molecule has 0 amide bonds. The van der Waals surface area contributed by atoms with E-state index >= 15 is 0 Å². The molecule has 0 saturated carbocycles. The van der Waals surface area contributed by atoms with Gasteiger partial charge < -0.3 is 33.8 Å². The van der Waals surface area contributed by atoms with Crippen LogP contribution in [-0.2, 0) is 27.3 Å². The van der Waals surface area contributed by atoms with Crippen molar-refractivity contribution in [2.75, 3.05) is 46.6 Å². The van der Waals surface area contributed by atoms with Crippen LogP contribution in [0.5, 0.6) is 0 Å². The van der Waals surface area contributed by atoms with E-state index in [0.717, 1.165) is 31.4 Å². The summed E-state index contributed by atoms with van der Waals surface area (Å²) in [5, 5.41) is 22.6. The summed E-state index contributed by atoms with van der Waals surface area (Å²) >= 11 is 0. The number of fused-ring (bicyclic) bond motifs is 1. The van der Waals surface area contributed by atoms with Crippen LogP contribution in [0.3, 0.4) is 0 Å². The third kappa shape index (κ3) is 5.99. The molecule has 2 aliphatic rings. The summed E-state index contributed by atoms with van der Waals surface area (Å²) in [6.07, 6.45) is 3.32. The zero-order valence-electron chi connectivity index (χ0n) is 21.9. The van der Waals surface area contributed by atoms with Crippen LogP contribution in [0.15, 0.2) is 12.4 Å². The number of aromatic nitrogens is 2. The van der Waals surface area contributed by atoms with E-state index in [-0.39, 0.29) is 12.0 Å². The zero-order valence-corrected chi connectivity index (χ0v) is 24.6. The van der Waals surface area contributed by atoms with Crippen LogP contribution in [0, 0.1) is 5.92 Å². The summed E-state index contributed by atoms with van der Waals surface area (Å²) < 4.78 is 55.3. The highest BCUT2D eigenvalue weighted by atomic mass is 31.3. The molecule has 15 heteroatoms. The van der Waals surface area contributed by atoms with Crippen molar-refractivity contribution in [1.82, 2.24) is 14.5 Å². The van der Waals surface area contributed by atoms with E-state index in [2.05, 4.69) is 16.8 Å². The largest absolute Gasteiger partial charge is 0.384 e. The SMILES string of the molecule is CC1C=Cc2c(ncn2C2OC(COP(C)(=O)OP(C)(=O)CP(C)(=O)O)C(C)(O)C2(C)O)C1N(C)C. The lowest BCUT2D eigenvalue weighted by atomic mass is 9.83. The number of hydrogen-bond donors (Lipinski definition) is 3. The molecule has 0 spiro atoms. The highest BCUT2D eigenvalue weighted by molar-refractivity contribution is 7.78. The minimum absolute atomic E-state index is 0.0162. The van der Waals surface area contributed by atoms with Gasteiger partial charge in [0.05, 0.1) is 30.4 Å². The Morgan fingerprint density at radius 2 is 1.78 bits per heavy atom. The van der Waals surface area contributed by atoms with Gasteiger partial charge in [-0.15, -0.1) is 0 Å². The summed E-state index contributed by atoms with van der Waals surface area (Å²) in [4.78, 5) is 16.2. The quantitative estimate of drug-likeness (QED) is 0.375. The zero-order chi connectivity index (χ0) is 27.5. The van der Waals surface area contributed by atoms with Crippen molar-refractivity contribution < 1.29 is 42.4 Å². The van der Waals surface area contributed by atoms with Crippen molar-refractivity contribution >= 4 is 28.4 Å². The minimum atomic E-state index is -3.98. The smallest absolute Gasteiger partial charge is 0.333 e. The number of rotatable bonds is 9. The van der Waals surface area contributed by atoms with Gasteiger partial charge in [-0.3, -0.25) is 18.0 Å². The van der Waals surface area contributed by atoms with E-state index in [1.807, 2.05) is 26.2 Å². The highest BCUT2D eigenvalue weighted by Crippen LogP contribution is 2.65. The Morgan fingerprint density at radius 1 is 1.17 bits per heavy atom. The van der Waals surface area contributed by atoms with Crippen LogP contribution in [0.1, 0.15) is 44.4 Å². The fourth-order valence-electron chi connectivity index (χ4n) is 4.86. The monoisotopic (exact) mass is 569 g/mol. The summed E-state index contributed by atoms with van der Waals surface area (Å²) in [7, 11) is -7.46. The Labute approximate surface area is 212 Å². The molecular weight excluding hydrogens is 531 g/mol. The first kappa shape index (κ1) is 29.9. The lowest BCUT2D eigenvalue weighted by Gasteiger charge is -2.36. The van der Waals surface area contributed by atoms with Gasteiger partial charge in [0.25, 0.3) is 0 Å². The van der Waals surface area contributed by atoms with Gasteiger partial charge in [-0.25, -0.2) is 4.98 Å². The van der Waals surface area contributed by atoms with Gasteiger partial charge in [0.2, 0.25) is 14.7 Å². The lowest BCUT2D eigenvalue weighted by Crippen LogP contribution is -2.54. The Morgan fingerprint density at radius 3 is 2.33 bits per heavy atom. The molecule has 3 N–H and O–H groups in total. The highest BCUT2D eigenvalue weighted by Gasteiger charge is 2.62. The normalized spacial score (nSPS) is 37.3. The molecule has 1 aliphatic heterocycles. The van der Waals surface area contributed by atoms with Gasteiger partial charge in [0.1, 0.15) is 23.2 Å². The van der Waals surface area contributed by atoms with Crippen LogP contribution in [-0.4, -0.2) is 93.5 Å². The first-order chi connectivity index (χ1) is 16.2. The van der Waals surface area contributed by atoms with Gasteiger partial charge >= 0.3 is 7.60 Å². The van der Waals surface area contributed by atoms with Gasteiger partial charge in [-0.2, -0.15) is 0 Å². The van der Waals surface area contributed by atoms with Crippen LogP contribution in [0.2, 0.25) is 0 Å². The van der Waals surface area contributed by atoms with E-state index in [9.17, 15) is 28.8 Å². The number of imidazole rings is 1. The molecule has 3 rings (SSSR count). The molecular formula is C21H38N3O9P3. The van der Waals surface area contributed by atoms with Crippen molar-refractivity contribution in [1.29, 1.82) is 0 Å². The third-order valence-corrected chi connectivity index (χ3v) is 14.1. The fourth-order valence-corrected chi connectivity index (χ4v) is 12.4. The van der Waals surface area contributed by atoms with Crippen molar-refractivity contribution in [3.8, 4) is 0 Å². The van der Waals surface area contributed by atoms with Crippen LogP contribution >= 0.6 is 22.3 Å². The number of aliphatic hydroxyl groups is 2. The molecule has 9 unspecified atom stereocenters. The summed E-state index contributed by atoms with van der Waals surface area (Å²) in [5.74, 6) is -0.438. The first-order valence-corrected chi connectivity index (χ1v) is 18.0. The Kier molecular flexibility index (Phi) is 8.17. The minimum Gasteiger partial charge on any atom is -0.384 e. The fraction of sp³-hybridized carbons (Fsp3) is 0.762. The van der Waals surface area contributed by atoms with Crippen molar-refractivity contribution in [3.05, 3.63) is 23.8 Å². The molecule has 0 aromatic carbocycles. The second-order valence-corrected chi connectivity index (χ2v) is 18.4. The van der Waals surface area contributed by atoms with Crippen molar-refractivity contribution in [3.63, 3.8) is 0 Å². The lowest BCUT2D eigenvalue weighted by molar-refractivity contribution is -0.134. The topological polar surface area (TPSA) is 161 Å².